The highest BCUT2D eigenvalue weighted by Crippen LogP contribution is 2.34. The zero-order chi connectivity index (χ0) is 23.2. The Bertz CT molecular complexity index is 1390. The molecule has 34 heavy (non-hydrogen) atoms. The van der Waals surface area contributed by atoms with Crippen LogP contribution in [0.1, 0.15) is 6.42 Å². The highest BCUT2D eigenvalue weighted by molar-refractivity contribution is 7.83. The van der Waals surface area contributed by atoms with Gasteiger partial charge in [-0.2, -0.15) is 0 Å². The minimum atomic E-state index is -1.24. The summed E-state index contributed by atoms with van der Waals surface area (Å²) in [5, 5.41) is 4.15. The van der Waals surface area contributed by atoms with Gasteiger partial charge < -0.3 is 10.2 Å². The lowest BCUT2D eigenvalue weighted by Gasteiger charge is -2.32. The number of likely N-dealkylation sites (tertiary alicyclic amines) is 1. The van der Waals surface area contributed by atoms with Crippen LogP contribution in [0, 0.1) is 0 Å². The number of pyridine rings is 1. The molecule has 3 aromatic heterocycles. The molecule has 1 aromatic carbocycles. The molecule has 0 amide bonds. The average molecular weight is 493 g/mol. The molecule has 0 saturated carbocycles. The number of rotatable bonds is 6. The summed E-state index contributed by atoms with van der Waals surface area (Å²) < 4.78 is 15.8. The minimum Gasteiger partial charge on any atom is -0.349 e. The van der Waals surface area contributed by atoms with Crippen LogP contribution < -0.4 is 14.9 Å². The molecule has 3 unspecified atom stereocenters. The van der Waals surface area contributed by atoms with E-state index in [1.165, 1.54) is 6.42 Å². The average Bonchev–Trinajstić information content (AvgIpc) is 3.57. The molecule has 0 radical (unpaired) electrons. The summed E-state index contributed by atoms with van der Waals surface area (Å²) in [5.41, 5.74) is 1.78. The molecule has 11 heteroatoms. The number of hydrogen-bond acceptors (Lipinski definition) is 9. The van der Waals surface area contributed by atoms with Crippen LogP contribution in [0.25, 0.3) is 20.8 Å². The maximum atomic E-state index is 12.1. The standard InChI is InChI=1S/C23H24N8OS2/c1-24-34(32)17-5-3-4-14(6-17)23-27-18-8-20(26-9-19(18)33-23)28-21-10-25-11-22(29-21)31-13-15-7-16(31)12-30(15)2/h3-6,8-11,15-16,24H,7,12-13H2,1-2H3,(H,26,28,29). The van der Waals surface area contributed by atoms with Crippen LogP contribution in [0.15, 0.2) is 53.8 Å². The van der Waals surface area contributed by atoms with Crippen molar-refractivity contribution in [1.82, 2.24) is 29.6 Å². The van der Waals surface area contributed by atoms with E-state index in [9.17, 15) is 4.21 Å². The summed E-state index contributed by atoms with van der Waals surface area (Å²) in [6.07, 6.45) is 6.56. The highest BCUT2D eigenvalue weighted by Gasteiger charge is 2.42. The maximum absolute atomic E-state index is 12.1. The van der Waals surface area contributed by atoms with Gasteiger partial charge in [0.2, 0.25) is 0 Å². The van der Waals surface area contributed by atoms with Crippen LogP contribution in [0.5, 0.6) is 0 Å². The number of fused-ring (bicyclic) bond motifs is 3. The Morgan fingerprint density at radius 1 is 1.09 bits per heavy atom. The Morgan fingerprint density at radius 3 is 2.79 bits per heavy atom. The van der Waals surface area contributed by atoms with Crippen molar-refractivity contribution in [1.29, 1.82) is 0 Å². The smallest absolute Gasteiger partial charge is 0.152 e. The Morgan fingerprint density at radius 2 is 2.00 bits per heavy atom. The summed E-state index contributed by atoms with van der Waals surface area (Å²) in [5.74, 6) is 2.24. The number of nitrogens with one attached hydrogen (secondary N) is 2. The molecule has 4 aromatic rings. The van der Waals surface area contributed by atoms with E-state index in [2.05, 4.69) is 36.9 Å². The Kier molecular flexibility index (Phi) is 5.48. The fraction of sp³-hybridized carbons (Fsp3) is 0.304. The van der Waals surface area contributed by atoms with Crippen LogP contribution in [-0.4, -0.2) is 68.3 Å². The van der Waals surface area contributed by atoms with Gasteiger partial charge in [-0.3, -0.25) is 9.88 Å². The van der Waals surface area contributed by atoms with Crippen molar-refractivity contribution < 1.29 is 4.21 Å². The van der Waals surface area contributed by atoms with Crippen molar-refractivity contribution in [3.05, 3.63) is 48.9 Å². The summed E-state index contributed by atoms with van der Waals surface area (Å²) in [6.45, 7) is 2.07. The molecule has 2 fully saturated rings. The second-order valence-electron chi connectivity index (χ2n) is 8.58. The van der Waals surface area contributed by atoms with Crippen molar-refractivity contribution >= 4 is 50.0 Å². The second-order valence-corrected chi connectivity index (χ2v) is 11.0. The number of piperazine rings is 1. The molecule has 2 aliphatic rings. The van der Waals surface area contributed by atoms with Gasteiger partial charge in [-0.1, -0.05) is 12.1 Å². The molecule has 3 atom stereocenters. The van der Waals surface area contributed by atoms with E-state index in [0.717, 1.165) is 44.6 Å². The summed E-state index contributed by atoms with van der Waals surface area (Å²) in [4.78, 5) is 24.1. The number of likely N-dealkylation sites (N-methyl/N-ethyl adjacent to an activating group) is 1. The fourth-order valence-electron chi connectivity index (χ4n) is 4.72. The summed E-state index contributed by atoms with van der Waals surface area (Å²) in [7, 11) is 2.63. The first kappa shape index (κ1) is 21.5. The summed E-state index contributed by atoms with van der Waals surface area (Å²) >= 11 is 1.56. The van der Waals surface area contributed by atoms with E-state index in [4.69, 9.17) is 9.97 Å². The van der Waals surface area contributed by atoms with Crippen molar-refractivity contribution in [3.8, 4) is 10.6 Å². The van der Waals surface area contributed by atoms with E-state index >= 15 is 0 Å². The van der Waals surface area contributed by atoms with Gasteiger partial charge in [-0.25, -0.2) is 23.9 Å². The van der Waals surface area contributed by atoms with E-state index in [1.807, 2.05) is 42.7 Å². The number of benzene rings is 1. The van der Waals surface area contributed by atoms with Gasteiger partial charge in [0.15, 0.2) is 5.82 Å². The largest absolute Gasteiger partial charge is 0.349 e. The molecule has 2 N–H and O–H groups in total. The lowest BCUT2D eigenvalue weighted by Crippen LogP contribution is -2.44. The molecule has 6 rings (SSSR count). The normalized spacial score (nSPS) is 20.8. The number of anilines is 3. The molecule has 2 bridgehead atoms. The Labute approximate surface area is 203 Å². The van der Waals surface area contributed by atoms with Gasteiger partial charge in [-0.05, 0) is 32.6 Å². The molecule has 0 spiro atoms. The third-order valence-corrected chi connectivity index (χ3v) is 8.55. The molecular weight excluding hydrogens is 468 g/mol. The van der Waals surface area contributed by atoms with Gasteiger partial charge in [0, 0.05) is 43.0 Å². The summed E-state index contributed by atoms with van der Waals surface area (Å²) in [6, 6.07) is 10.6. The van der Waals surface area contributed by atoms with Crippen molar-refractivity contribution in [3.63, 3.8) is 0 Å². The number of aromatic nitrogens is 4. The predicted octanol–water partition coefficient (Wildman–Crippen LogP) is 3.03. The third kappa shape index (κ3) is 3.94. The number of nitrogens with zero attached hydrogens (tertiary/aromatic N) is 6. The number of thiazole rings is 1. The molecular formula is C23H24N8OS2. The first-order valence-corrected chi connectivity index (χ1v) is 13.1. The maximum Gasteiger partial charge on any atom is 0.152 e. The third-order valence-electron chi connectivity index (χ3n) is 6.44. The lowest BCUT2D eigenvalue weighted by atomic mass is 10.2. The Balaban J connectivity index is 1.23. The molecule has 9 nitrogen and oxygen atoms in total. The molecule has 174 valence electrons. The number of hydrogen-bond donors (Lipinski definition) is 2. The zero-order valence-electron chi connectivity index (χ0n) is 18.8. The van der Waals surface area contributed by atoms with E-state index in [1.54, 1.807) is 24.6 Å². The molecule has 2 saturated heterocycles. The first-order valence-electron chi connectivity index (χ1n) is 11.1. The van der Waals surface area contributed by atoms with Crippen LogP contribution in [0.3, 0.4) is 0 Å². The molecule has 2 aliphatic heterocycles. The van der Waals surface area contributed by atoms with Gasteiger partial charge >= 0.3 is 0 Å². The van der Waals surface area contributed by atoms with Gasteiger partial charge in [0.25, 0.3) is 0 Å². The van der Waals surface area contributed by atoms with Crippen LogP contribution in [0.4, 0.5) is 17.5 Å². The highest BCUT2D eigenvalue weighted by atomic mass is 32.2. The minimum absolute atomic E-state index is 0.506. The predicted molar refractivity (Wildman–Crippen MR) is 136 cm³/mol. The topological polar surface area (TPSA) is 99.2 Å². The van der Waals surface area contributed by atoms with Crippen LogP contribution in [0.2, 0.25) is 0 Å². The van der Waals surface area contributed by atoms with Crippen molar-refractivity contribution in [2.24, 2.45) is 0 Å². The van der Waals surface area contributed by atoms with Gasteiger partial charge in [-0.15, -0.1) is 11.3 Å². The zero-order valence-corrected chi connectivity index (χ0v) is 20.4. The van der Waals surface area contributed by atoms with Crippen molar-refractivity contribution in [2.75, 3.05) is 37.4 Å². The SMILES string of the molecule is CNS(=O)c1cccc(-c2nc3cc(Nc4cncc(N5CC6CC5CN6C)n4)ncc3s2)c1. The van der Waals surface area contributed by atoms with Crippen LogP contribution in [-0.2, 0) is 11.0 Å². The van der Waals surface area contributed by atoms with E-state index in [0.29, 0.717) is 23.7 Å². The monoisotopic (exact) mass is 492 g/mol. The van der Waals surface area contributed by atoms with E-state index < -0.39 is 11.0 Å². The van der Waals surface area contributed by atoms with E-state index in [-0.39, 0.29) is 0 Å². The quantitative estimate of drug-likeness (QED) is 0.424. The second kappa shape index (κ2) is 8.66. The van der Waals surface area contributed by atoms with Crippen molar-refractivity contribution in [2.45, 2.75) is 23.4 Å². The Hall–Kier alpha value is -2.99. The molecule has 0 aliphatic carbocycles. The first-order chi connectivity index (χ1) is 16.6. The van der Waals surface area contributed by atoms with Gasteiger partial charge in [0.05, 0.1) is 27.5 Å². The molecule has 5 heterocycles. The lowest BCUT2D eigenvalue weighted by molar-refractivity contribution is 0.292. The van der Waals surface area contributed by atoms with Crippen LogP contribution >= 0.6 is 11.3 Å². The van der Waals surface area contributed by atoms with Gasteiger partial charge in [0.1, 0.15) is 27.6 Å². The fourth-order valence-corrected chi connectivity index (χ4v) is 6.30.